The van der Waals surface area contributed by atoms with Gasteiger partial charge in [-0.3, -0.25) is 0 Å². The number of nitrogens with zero attached hydrogens (tertiary/aromatic N) is 1. The van der Waals surface area contributed by atoms with Crippen molar-refractivity contribution in [3.63, 3.8) is 0 Å². The van der Waals surface area contributed by atoms with E-state index in [9.17, 15) is 0 Å². The van der Waals surface area contributed by atoms with E-state index in [4.69, 9.17) is 16.7 Å². The lowest BCUT2D eigenvalue weighted by Crippen LogP contribution is -1.91. The van der Waals surface area contributed by atoms with Crippen LogP contribution in [0.15, 0.2) is 24.3 Å². The van der Waals surface area contributed by atoms with E-state index >= 15 is 0 Å². The zero-order chi connectivity index (χ0) is 12.3. The maximum Gasteiger partial charge on any atom is 0.0935 e. The smallest absolute Gasteiger partial charge is 0.0935 e. The monoisotopic (exact) mass is 267 g/mol. The minimum Gasteiger partial charge on any atom is -0.391 e. The van der Waals surface area contributed by atoms with Gasteiger partial charge in [0.15, 0.2) is 0 Å². The van der Waals surface area contributed by atoms with Gasteiger partial charge >= 0.3 is 0 Å². The summed E-state index contributed by atoms with van der Waals surface area (Å²) in [5, 5.41) is 11.0. The highest BCUT2D eigenvalue weighted by atomic mass is 35.5. The van der Waals surface area contributed by atoms with Gasteiger partial charge in [0.05, 0.1) is 22.2 Å². The third kappa shape index (κ3) is 3.06. The Balaban J connectivity index is 2.05. The van der Waals surface area contributed by atoms with Gasteiger partial charge in [-0.25, -0.2) is 4.98 Å². The van der Waals surface area contributed by atoms with E-state index in [1.807, 2.05) is 31.2 Å². The Morgan fingerprint density at radius 2 is 2.06 bits per heavy atom. The normalized spacial score (nSPS) is 10.8. The molecule has 1 aromatic heterocycles. The van der Waals surface area contributed by atoms with Crippen LogP contribution >= 0.6 is 22.9 Å². The van der Waals surface area contributed by atoms with Gasteiger partial charge in [0.2, 0.25) is 0 Å². The van der Waals surface area contributed by atoms with E-state index in [1.54, 1.807) is 11.3 Å². The van der Waals surface area contributed by atoms with Crippen LogP contribution < -0.4 is 0 Å². The Bertz CT molecular complexity index is 510. The van der Waals surface area contributed by atoms with E-state index in [1.165, 1.54) is 0 Å². The molecule has 90 valence electrons. The molecule has 4 heteroatoms. The van der Waals surface area contributed by atoms with Crippen molar-refractivity contribution in [1.29, 1.82) is 0 Å². The molecule has 0 saturated carbocycles. The molecule has 2 nitrogen and oxygen atoms in total. The minimum absolute atomic E-state index is 0.0790. The Hall–Kier alpha value is -0.900. The molecule has 0 saturated heterocycles. The summed E-state index contributed by atoms with van der Waals surface area (Å²) in [5.41, 5.74) is 2.08. The third-order valence-electron chi connectivity index (χ3n) is 2.65. The molecule has 2 rings (SSSR count). The first-order valence-electron chi connectivity index (χ1n) is 5.50. The summed E-state index contributed by atoms with van der Waals surface area (Å²) < 4.78 is 0. The molecule has 1 aromatic carbocycles. The fourth-order valence-corrected chi connectivity index (χ4v) is 2.84. The summed E-state index contributed by atoms with van der Waals surface area (Å²) in [6.07, 6.45) is 1.76. The third-order valence-corrected chi connectivity index (χ3v) is 4.22. The Morgan fingerprint density at radius 3 is 2.71 bits per heavy atom. The van der Waals surface area contributed by atoms with Crippen molar-refractivity contribution in [2.24, 2.45) is 0 Å². The van der Waals surface area contributed by atoms with Crippen LogP contribution in [0.3, 0.4) is 0 Å². The fourth-order valence-electron chi connectivity index (χ4n) is 1.68. The molecule has 0 unspecified atom stereocenters. The van der Waals surface area contributed by atoms with E-state index in [2.05, 4.69) is 4.98 Å². The van der Waals surface area contributed by atoms with Crippen molar-refractivity contribution in [1.82, 2.24) is 4.98 Å². The Kier molecular flexibility index (Phi) is 4.15. The van der Waals surface area contributed by atoms with Gasteiger partial charge in [0.25, 0.3) is 0 Å². The summed E-state index contributed by atoms with van der Waals surface area (Å²) in [7, 11) is 0. The Morgan fingerprint density at radius 1 is 1.29 bits per heavy atom. The van der Waals surface area contributed by atoms with Gasteiger partial charge in [0.1, 0.15) is 0 Å². The van der Waals surface area contributed by atoms with Crippen LogP contribution in [0.25, 0.3) is 0 Å². The summed E-state index contributed by atoms with van der Waals surface area (Å²) in [6, 6.07) is 7.87. The minimum atomic E-state index is 0.0790. The average Bonchev–Trinajstić information content (AvgIpc) is 2.69. The fraction of sp³-hybridized carbons (Fsp3) is 0.308. The van der Waals surface area contributed by atoms with E-state index < -0.39 is 0 Å². The standard InChI is InChI=1S/C13H14ClNOS/c1-9-12(8-16)17-13(15-9)7-6-10-4-2-3-5-11(10)14/h2-5,16H,6-8H2,1H3. The molecule has 0 radical (unpaired) electrons. The van der Waals surface area contributed by atoms with Crippen molar-refractivity contribution < 1.29 is 5.11 Å². The Labute approximate surface area is 110 Å². The van der Waals surface area contributed by atoms with Crippen LogP contribution in [0.1, 0.15) is 21.1 Å². The molecule has 0 bridgehead atoms. The number of benzene rings is 1. The lowest BCUT2D eigenvalue weighted by molar-refractivity contribution is 0.284. The second-order valence-electron chi connectivity index (χ2n) is 3.87. The van der Waals surface area contributed by atoms with Crippen LogP contribution in [0, 0.1) is 6.92 Å². The lowest BCUT2D eigenvalue weighted by atomic mass is 10.1. The molecule has 0 atom stereocenters. The quantitative estimate of drug-likeness (QED) is 0.921. The molecular weight excluding hydrogens is 254 g/mol. The van der Waals surface area contributed by atoms with Crippen molar-refractivity contribution in [2.75, 3.05) is 0 Å². The molecule has 17 heavy (non-hydrogen) atoms. The first kappa shape index (κ1) is 12.6. The summed E-state index contributed by atoms with van der Waals surface area (Å²) >= 11 is 7.68. The molecule has 0 spiro atoms. The van der Waals surface area contributed by atoms with Gasteiger partial charge in [-0.2, -0.15) is 0 Å². The van der Waals surface area contributed by atoms with Gasteiger partial charge in [-0.15, -0.1) is 11.3 Å². The number of aryl methyl sites for hydroxylation is 3. The number of aliphatic hydroxyl groups excluding tert-OH is 1. The highest BCUT2D eigenvalue weighted by molar-refractivity contribution is 7.11. The van der Waals surface area contributed by atoms with E-state index in [0.717, 1.165) is 39.0 Å². The number of aliphatic hydroxyl groups is 1. The number of hydrogen-bond acceptors (Lipinski definition) is 3. The van der Waals surface area contributed by atoms with Gasteiger partial charge in [-0.05, 0) is 25.0 Å². The van der Waals surface area contributed by atoms with Crippen molar-refractivity contribution in [3.8, 4) is 0 Å². The maximum atomic E-state index is 9.11. The molecule has 1 N–H and O–H groups in total. The predicted molar refractivity (Wildman–Crippen MR) is 71.6 cm³/mol. The molecule has 0 amide bonds. The first-order chi connectivity index (χ1) is 8.20. The molecule has 0 aliphatic heterocycles. The van der Waals surface area contributed by atoms with Gasteiger partial charge in [0, 0.05) is 11.4 Å². The number of rotatable bonds is 4. The van der Waals surface area contributed by atoms with Crippen molar-refractivity contribution in [2.45, 2.75) is 26.4 Å². The maximum absolute atomic E-state index is 9.11. The van der Waals surface area contributed by atoms with Crippen LogP contribution in [0.2, 0.25) is 5.02 Å². The van der Waals surface area contributed by atoms with E-state index in [0.29, 0.717) is 0 Å². The second kappa shape index (κ2) is 5.63. The SMILES string of the molecule is Cc1nc(CCc2ccccc2Cl)sc1CO. The van der Waals surface area contributed by atoms with Crippen LogP contribution in [0.5, 0.6) is 0 Å². The lowest BCUT2D eigenvalue weighted by Gasteiger charge is -2.01. The van der Waals surface area contributed by atoms with Gasteiger partial charge in [-0.1, -0.05) is 29.8 Å². The zero-order valence-electron chi connectivity index (χ0n) is 9.61. The number of thiazole rings is 1. The molecular formula is C13H14ClNOS. The largest absolute Gasteiger partial charge is 0.391 e. The highest BCUT2D eigenvalue weighted by Gasteiger charge is 2.07. The zero-order valence-corrected chi connectivity index (χ0v) is 11.2. The number of halogens is 1. The summed E-state index contributed by atoms with van der Waals surface area (Å²) in [5.74, 6) is 0. The number of aromatic nitrogens is 1. The summed E-state index contributed by atoms with van der Waals surface area (Å²) in [6.45, 7) is 2.01. The van der Waals surface area contributed by atoms with Crippen LogP contribution in [-0.2, 0) is 19.4 Å². The topological polar surface area (TPSA) is 33.1 Å². The molecule has 0 fully saturated rings. The van der Waals surface area contributed by atoms with Crippen molar-refractivity contribution in [3.05, 3.63) is 50.4 Å². The van der Waals surface area contributed by atoms with Crippen LogP contribution in [-0.4, -0.2) is 10.1 Å². The molecule has 2 aromatic rings. The predicted octanol–water partition coefficient (Wildman–Crippen LogP) is 3.38. The molecule has 0 aliphatic carbocycles. The first-order valence-corrected chi connectivity index (χ1v) is 6.69. The second-order valence-corrected chi connectivity index (χ2v) is 5.44. The average molecular weight is 268 g/mol. The number of hydrogen-bond donors (Lipinski definition) is 1. The summed E-state index contributed by atoms with van der Waals surface area (Å²) in [4.78, 5) is 5.40. The van der Waals surface area contributed by atoms with Crippen LogP contribution in [0.4, 0.5) is 0 Å². The van der Waals surface area contributed by atoms with E-state index in [-0.39, 0.29) is 6.61 Å². The molecule has 0 aliphatic rings. The van der Waals surface area contributed by atoms with Gasteiger partial charge < -0.3 is 5.11 Å². The molecule has 1 heterocycles. The van der Waals surface area contributed by atoms with Crippen molar-refractivity contribution >= 4 is 22.9 Å². The highest BCUT2D eigenvalue weighted by Crippen LogP contribution is 2.21.